The van der Waals surface area contributed by atoms with Gasteiger partial charge in [0.25, 0.3) is 11.4 Å². The standard InChI is InChI=1S/C17H18FN2O9P/c1-9-6-20(16(24)19-14(9)23)15-12(21)13(22)17(18,28-15)8-27-30(25)26-7-10-4-2-3-5-11(10)29-30/h2-6,12-13,15,21-22H,7-8H2,1H3,(H,19,23,24)/t12-,13+,15-,17-,30?/m1/s1/i15D. The normalized spacial score (nSPS) is 36.1. The van der Waals surface area contributed by atoms with Crippen LogP contribution in [0.15, 0.2) is 40.1 Å². The first-order valence-corrected chi connectivity index (χ1v) is 10.2. The van der Waals surface area contributed by atoms with E-state index >= 15 is 4.39 Å². The van der Waals surface area contributed by atoms with Crippen LogP contribution >= 0.6 is 7.82 Å². The number of phosphoric acid groups is 1. The van der Waals surface area contributed by atoms with E-state index in [9.17, 15) is 24.4 Å². The molecule has 5 atom stereocenters. The second-order valence-corrected chi connectivity index (χ2v) is 8.34. The number of aliphatic hydroxyl groups is 2. The first-order chi connectivity index (χ1) is 14.5. The molecule has 3 heterocycles. The van der Waals surface area contributed by atoms with Gasteiger partial charge in [0.15, 0.2) is 6.20 Å². The predicted octanol–water partition coefficient (Wildman–Crippen LogP) is 0.495. The van der Waals surface area contributed by atoms with Crippen LogP contribution in [0.4, 0.5) is 4.39 Å². The molecule has 162 valence electrons. The molecular formula is C17H18FN2O9P. The van der Waals surface area contributed by atoms with Gasteiger partial charge in [-0.1, -0.05) is 18.2 Å². The van der Waals surface area contributed by atoms with Gasteiger partial charge in [-0.3, -0.25) is 23.4 Å². The monoisotopic (exact) mass is 445 g/mol. The summed E-state index contributed by atoms with van der Waals surface area (Å²) < 4.78 is 56.8. The number of benzene rings is 1. The van der Waals surface area contributed by atoms with Crippen molar-refractivity contribution in [3.63, 3.8) is 0 Å². The molecule has 0 aliphatic carbocycles. The largest absolute Gasteiger partial charge is 0.530 e. The topological polar surface area (TPSA) is 149 Å². The molecule has 1 aromatic heterocycles. The summed E-state index contributed by atoms with van der Waals surface area (Å²) in [5.74, 6) is -3.07. The van der Waals surface area contributed by atoms with Crippen LogP contribution in [0.5, 0.6) is 5.75 Å². The highest BCUT2D eigenvalue weighted by atomic mass is 31.2. The summed E-state index contributed by atoms with van der Waals surface area (Å²) in [6.45, 7) is -0.0987. The minimum atomic E-state index is -4.31. The highest BCUT2D eigenvalue weighted by Crippen LogP contribution is 2.55. The lowest BCUT2D eigenvalue weighted by atomic mass is 10.1. The number of nitrogens with one attached hydrogen (secondary N) is 1. The summed E-state index contributed by atoms with van der Waals surface area (Å²) in [4.78, 5) is 25.5. The molecule has 13 heteroatoms. The number of phosphoric ester groups is 1. The van der Waals surface area contributed by atoms with E-state index < -0.39 is 49.9 Å². The maximum Gasteiger partial charge on any atom is 0.530 e. The second-order valence-electron chi connectivity index (χ2n) is 6.75. The lowest BCUT2D eigenvalue weighted by Gasteiger charge is -2.28. The fourth-order valence-electron chi connectivity index (χ4n) is 2.94. The van der Waals surface area contributed by atoms with Crippen molar-refractivity contribution in [3.8, 4) is 5.75 Å². The molecule has 3 N–H and O–H groups in total. The number of nitrogens with zero attached hydrogens (tertiary/aromatic N) is 1. The van der Waals surface area contributed by atoms with Gasteiger partial charge in [-0.15, -0.1) is 0 Å². The molecule has 2 aliphatic rings. The van der Waals surface area contributed by atoms with Crippen LogP contribution in [0.1, 0.15) is 18.7 Å². The number of fused-ring (bicyclic) bond motifs is 1. The molecule has 1 saturated heterocycles. The Morgan fingerprint density at radius 1 is 1.43 bits per heavy atom. The average molecular weight is 445 g/mol. The summed E-state index contributed by atoms with van der Waals surface area (Å²) in [5.41, 5.74) is -1.38. The number of hydrogen-bond donors (Lipinski definition) is 3. The van der Waals surface area contributed by atoms with Crippen LogP contribution in [0.2, 0.25) is 0 Å². The molecule has 2 aliphatic heterocycles. The quantitative estimate of drug-likeness (QED) is 0.572. The predicted molar refractivity (Wildman–Crippen MR) is 97.5 cm³/mol. The molecule has 1 fully saturated rings. The first-order valence-electron chi connectivity index (χ1n) is 9.22. The number of aromatic nitrogens is 2. The maximum absolute atomic E-state index is 15.4. The molecule has 30 heavy (non-hydrogen) atoms. The van der Waals surface area contributed by atoms with Gasteiger partial charge in [0.05, 0.1) is 7.98 Å². The Morgan fingerprint density at radius 2 is 2.17 bits per heavy atom. The van der Waals surface area contributed by atoms with Crippen molar-refractivity contribution >= 4 is 7.82 Å². The van der Waals surface area contributed by atoms with Crippen LogP contribution in [0.3, 0.4) is 0 Å². The van der Waals surface area contributed by atoms with Crippen molar-refractivity contribution in [2.45, 2.75) is 37.8 Å². The third-order valence-corrected chi connectivity index (χ3v) is 5.92. The minimum absolute atomic E-state index is 0.0313. The fourth-order valence-corrected chi connectivity index (χ4v) is 4.17. The van der Waals surface area contributed by atoms with Crippen molar-refractivity contribution in [2.24, 2.45) is 0 Å². The van der Waals surface area contributed by atoms with E-state index in [0.717, 1.165) is 6.20 Å². The zero-order valence-corrected chi connectivity index (χ0v) is 16.4. The number of para-hydroxylation sites is 1. The molecule has 0 spiro atoms. The van der Waals surface area contributed by atoms with Crippen LogP contribution in [-0.4, -0.2) is 44.4 Å². The van der Waals surface area contributed by atoms with Crippen LogP contribution in [0.25, 0.3) is 0 Å². The molecule has 0 saturated carbocycles. The van der Waals surface area contributed by atoms with E-state index in [1.807, 2.05) is 4.98 Å². The number of ether oxygens (including phenoxy) is 1. The third-order valence-electron chi connectivity index (χ3n) is 4.61. The van der Waals surface area contributed by atoms with Crippen LogP contribution < -0.4 is 15.8 Å². The van der Waals surface area contributed by atoms with E-state index in [-0.39, 0.29) is 17.9 Å². The van der Waals surface area contributed by atoms with E-state index in [4.69, 9.17) is 19.7 Å². The number of hydrogen-bond acceptors (Lipinski definition) is 9. The molecule has 4 rings (SSSR count). The zero-order chi connectivity index (χ0) is 22.6. The van der Waals surface area contributed by atoms with E-state index in [1.165, 1.54) is 13.0 Å². The Labute approximate surface area is 169 Å². The third kappa shape index (κ3) is 3.62. The molecule has 0 amide bonds. The van der Waals surface area contributed by atoms with E-state index in [1.54, 1.807) is 18.2 Å². The van der Waals surface area contributed by atoms with Crippen molar-refractivity contribution in [1.82, 2.24) is 9.55 Å². The Bertz CT molecular complexity index is 1190. The summed E-state index contributed by atoms with van der Waals surface area (Å²) in [5, 5.41) is 20.5. The van der Waals surface area contributed by atoms with Crippen molar-refractivity contribution < 1.29 is 38.8 Å². The summed E-state index contributed by atoms with van der Waals surface area (Å²) in [6, 6.07) is 6.48. The number of halogens is 1. The number of alkyl halides is 1. The van der Waals surface area contributed by atoms with Gasteiger partial charge < -0.3 is 19.5 Å². The Hall–Kier alpha value is -2.34. The van der Waals surface area contributed by atoms with Gasteiger partial charge in [-0.25, -0.2) is 13.8 Å². The molecule has 11 nitrogen and oxygen atoms in total. The summed E-state index contributed by atoms with van der Waals surface area (Å²) in [7, 11) is -4.31. The first kappa shape index (κ1) is 19.6. The fraction of sp³-hybridized carbons (Fsp3) is 0.412. The van der Waals surface area contributed by atoms with Gasteiger partial charge in [-0.2, -0.15) is 0 Å². The lowest BCUT2D eigenvalue weighted by molar-refractivity contribution is -0.205. The van der Waals surface area contributed by atoms with E-state index in [0.29, 0.717) is 10.1 Å². The lowest BCUT2D eigenvalue weighted by Crippen LogP contribution is -2.43. The van der Waals surface area contributed by atoms with Gasteiger partial charge in [0.2, 0.25) is 0 Å². The van der Waals surface area contributed by atoms with Gasteiger partial charge in [-0.05, 0) is 13.0 Å². The molecule has 0 radical (unpaired) electrons. The van der Waals surface area contributed by atoms with Crippen LogP contribution in [-0.2, 0) is 25.0 Å². The number of aryl methyl sites for hydroxylation is 1. The highest BCUT2D eigenvalue weighted by molar-refractivity contribution is 7.49. The maximum atomic E-state index is 15.4. The van der Waals surface area contributed by atoms with Crippen molar-refractivity contribution in [1.29, 1.82) is 0 Å². The Morgan fingerprint density at radius 3 is 2.93 bits per heavy atom. The van der Waals surface area contributed by atoms with Crippen LogP contribution in [0, 0.1) is 6.92 Å². The van der Waals surface area contributed by atoms with Crippen molar-refractivity contribution in [3.05, 3.63) is 62.4 Å². The highest BCUT2D eigenvalue weighted by Gasteiger charge is 2.57. The second kappa shape index (κ2) is 7.41. The summed E-state index contributed by atoms with van der Waals surface area (Å²) in [6.07, 6.45) is -6.64. The van der Waals surface area contributed by atoms with Crippen molar-refractivity contribution in [2.75, 3.05) is 6.61 Å². The molecule has 1 unspecified atom stereocenters. The molecule has 2 aromatic rings. The molecule has 0 bridgehead atoms. The minimum Gasteiger partial charge on any atom is -0.404 e. The molecular weight excluding hydrogens is 426 g/mol. The SMILES string of the molecule is [2H][C@@]1(n2cc(C)c(=O)[nH]c2=O)O[C@](F)(COP2(=O)OCc3ccccc3O2)[C@@H](O)[C@H]1O. The number of H-pyrrole nitrogens is 1. The van der Waals surface area contributed by atoms with Gasteiger partial charge in [0, 0.05) is 17.3 Å². The Kier molecular flexibility index (Phi) is 4.85. The average Bonchev–Trinajstić information content (AvgIpc) is 2.90. The summed E-state index contributed by atoms with van der Waals surface area (Å²) >= 11 is 0. The van der Waals surface area contributed by atoms with Gasteiger partial charge >= 0.3 is 13.5 Å². The zero-order valence-electron chi connectivity index (χ0n) is 16.5. The van der Waals surface area contributed by atoms with E-state index in [2.05, 4.69) is 0 Å². The molecule has 1 aromatic carbocycles. The Balaban J connectivity index is 1.57. The smallest absolute Gasteiger partial charge is 0.404 e. The number of aliphatic hydroxyl groups excluding tert-OH is 2. The number of aromatic amines is 1. The number of rotatable bonds is 4. The van der Waals surface area contributed by atoms with Gasteiger partial charge in [0.1, 0.15) is 24.6 Å².